The van der Waals surface area contributed by atoms with Crippen molar-refractivity contribution in [3.05, 3.63) is 21.3 Å². The van der Waals surface area contributed by atoms with E-state index in [9.17, 15) is 0 Å². The molecule has 2 nitrogen and oxygen atoms in total. The number of thioether (sulfide) groups is 1. The van der Waals surface area contributed by atoms with Gasteiger partial charge in [-0.3, -0.25) is 4.90 Å². The van der Waals surface area contributed by atoms with Gasteiger partial charge in [0.25, 0.3) is 0 Å². The van der Waals surface area contributed by atoms with Crippen molar-refractivity contribution in [1.29, 1.82) is 0 Å². The predicted molar refractivity (Wildman–Crippen MR) is 81.3 cm³/mol. The van der Waals surface area contributed by atoms with E-state index in [1.54, 1.807) is 11.3 Å². The maximum atomic E-state index is 5.93. The number of nitrogens with zero attached hydrogens (tertiary/aromatic N) is 1. The first-order valence-electron chi connectivity index (χ1n) is 5.80. The molecule has 0 saturated heterocycles. The molecule has 0 aliphatic rings. The topological polar surface area (TPSA) is 29.3 Å². The fraction of sp³-hybridized carbons (Fsp3) is 0.667. The molecule has 0 fully saturated rings. The highest BCUT2D eigenvalue weighted by Gasteiger charge is 2.13. The van der Waals surface area contributed by atoms with Crippen molar-refractivity contribution >= 4 is 34.7 Å². The molecule has 1 unspecified atom stereocenters. The van der Waals surface area contributed by atoms with Gasteiger partial charge in [-0.25, -0.2) is 0 Å². The number of rotatable bonds is 8. The minimum absolute atomic E-state index is 0.475. The van der Waals surface area contributed by atoms with Crippen molar-refractivity contribution in [2.45, 2.75) is 25.4 Å². The summed E-state index contributed by atoms with van der Waals surface area (Å²) < 4.78 is 0.861. The Morgan fingerprint density at radius 2 is 2.29 bits per heavy atom. The minimum Gasteiger partial charge on any atom is -0.329 e. The first-order chi connectivity index (χ1) is 8.17. The molecular formula is C12H21ClN2S2. The fourth-order valence-electron chi connectivity index (χ4n) is 1.79. The Morgan fingerprint density at radius 1 is 1.53 bits per heavy atom. The molecule has 0 saturated carbocycles. The fourth-order valence-corrected chi connectivity index (χ4v) is 3.40. The van der Waals surface area contributed by atoms with Crippen molar-refractivity contribution in [2.24, 2.45) is 5.73 Å². The molecule has 2 N–H and O–H groups in total. The second kappa shape index (κ2) is 8.38. The van der Waals surface area contributed by atoms with Crippen molar-refractivity contribution in [3.63, 3.8) is 0 Å². The van der Waals surface area contributed by atoms with E-state index in [1.807, 2.05) is 17.8 Å². The molecule has 0 amide bonds. The van der Waals surface area contributed by atoms with Crippen LogP contribution < -0.4 is 5.73 Å². The van der Waals surface area contributed by atoms with Gasteiger partial charge in [0.2, 0.25) is 0 Å². The zero-order valence-electron chi connectivity index (χ0n) is 10.5. The zero-order valence-corrected chi connectivity index (χ0v) is 12.9. The quantitative estimate of drug-likeness (QED) is 0.746. The summed E-state index contributed by atoms with van der Waals surface area (Å²) in [6.07, 6.45) is 4.56. The SMILES string of the molecule is CSCCCC(CN)N(C)Cc1ccc(Cl)s1. The van der Waals surface area contributed by atoms with E-state index >= 15 is 0 Å². The summed E-state index contributed by atoms with van der Waals surface area (Å²) in [6.45, 7) is 1.67. The van der Waals surface area contributed by atoms with Crippen molar-refractivity contribution < 1.29 is 0 Å². The second-order valence-electron chi connectivity index (χ2n) is 4.15. The monoisotopic (exact) mass is 292 g/mol. The average Bonchev–Trinajstić information content (AvgIpc) is 2.70. The minimum atomic E-state index is 0.475. The smallest absolute Gasteiger partial charge is 0.0931 e. The molecule has 0 aliphatic heterocycles. The third-order valence-electron chi connectivity index (χ3n) is 2.82. The molecule has 5 heteroatoms. The number of thiophene rings is 1. The van der Waals surface area contributed by atoms with E-state index in [-0.39, 0.29) is 0 Å². The summed E-state index contributed by atoms with van der Waals surface area (Å²) in [5.41, 5.74) is 5.84. The lowest BCUT2D eigenvalue weighted by Gasteiger charge is -2.26. The normalized spacial score (nSPS) is 13.2. The maximum absolute atomic E-state index is 5.93. The standard InChI is InChI=1S/C12H21ClN2S2/c1-15(9-11-5-6-12(13)17-11)10(8-14)4-3-7-16-2/h5-6,10H,3-4,7-9,14H2,1-2H3. The highest BCUT2D eigenvalue weighted by atomic mass is 35.5. The van der Waals surface area contributed by atoms with Crippen LogP contribution >= 0.6 is 34.7 Å². The van der Waals surface area contributed by atoms with Crippen molar-refractivity contribution in [3.8, 4) is 0 Å². The Balaban J connectivity index is 2.40. The lowest BCUT2D eigenvalue weighted by atomic mass is 10.1. The molecule has 0 radical (unpaired) electrons. The average molecular weight is 293 g/mol. The van der Waals surface area contributed by atoms with Gasteiger partial charge < -0.3 is 5.73 Å². The summed E-state index contributed by atoms with van der Waals surface area (Å²) in [6, 6.07) is 4.53. The van der Waals surface area contributed by atoms with E-state index in [2.05, 4.69) is 24.3 Å². The van der Waals surface area contributed by atoms with Crippen LogP contribution in [0.15, 0.2) is 12.1 Å². The highest BCUT2D eigenvalue weighted by Crippen LogP contribution is 2.23. The van der Waals surface area contributed by atoms with E-state index in [4.69, 9.17) is 17.3 Å². The molecule has 0 spiro atoms. The molecule has 1 heterocycles. The predicted octanol–water partition coefficient (Wildman–Crippen LogP) is 3.30. The third-order valence-corrected chi connectivity index (χ3v) is 4.73. The van der Waals surface area contributed by atoms with Gasteiger partial charge >= 0.3 is 0 Å². The van der Waals surface area contributed by atoms with Crippen LogP contribution in [0.3, 0.4) is 0 Å². The number of hydrogen-bond acceptors (Lipinski definition) is 4. The molecule has 0 aliphatic carbocycles. The van der Waals surface area contributed by atoms with E-state index in [0.717, 1.165) is 17.4 Å². The molecule has 1 aromatic rings. The van der Waals surface area contributed by atoms with Crippen LogP contribution in [0.4, 0.5) is 0 Å². The lowest BCUT2D eigenvalue weighted by molar-refractivity contribution is 0.228. The number of halogens is 1. The Bertz CT molecular complexity index is 317. The highest BCUT2D eigenvalue weighted by molar-refractivity contribution is 7.98. The van der Waals surface area contributed by atoms with Gasteiger partial charge in [0.15, 0.2) is 0 Å². The van der Waals surface area contributed by atoms with Crippen LogP contribution in [-0.4, -0.2) is 36.5 Å². The Kier molecular flexibility index (Phi) is 7.55. The van der Waals surface area contributed by atoms with Gasteiger partial charge in [-0.1, -0.05) is 11.6 Å². The Labute approximate surface area is 118 Å². The summed E-state index contributed by atoms with van der Waals surface area (Å²) >= 11 is 9.48. The van der Waals surface area contributed by atoms with Crippen LogP contribution in [0.2, 0.25) is 4.34 Å². The van der Waals surface area contributed by atoms with E-state index in [0.29, 0.717) is 6.04 Å². The van der Waals surface area contributed by atoms with Gasteiger partial charge in [-0.15, -0.1) is 11.3 Å². The van der Waals surface area contributed by atoms with Crippen LogP contribution in [-0.2, 0) is 6.54 Å². The maximum Gasteiger partial charge on any atom is 0.0931 e. The number of likely N-dealkylation sites (N-methyl/N-ethyl adjacent to an activating group) is 1. The molecule has 1 atom stereocenters. The molecule has 17 heavy (non-hydrogen) atoms. The van der Waals surface area contributed by atoms with Crippen molar-refractivity contribution in [2.75, 3.05) is 25.6 Å². The summed E-state index contributed by atoms with van der Waals surface area (Å²) in [5.74, 6) is 1.22. The van der Waals surface area contributed by atoms with Gasteiger partial charge in [0.05, 0.1) is 4.34 Å². The Morgan fingerprint density at radius 3 is 2.82 bits per heavy atom. The summed E-state index contributed by atoms with van der Waals surface area (Å²) in [7, 11) is 2.14. The van der Waals surface area contributed by atoms with Gasteiger partial charge in [-0.05, 0) is 44.0 Å². The molecule has 98 valence electrons. The summed E-state index contributed by atoms with van der Waals surface area (Å²) in [5, 5.41) is 0. The van der Waals surface area contributed by atoms with Gasteiger partial charge in [0, 0.05) is 24.0 Å². The van der Waals surface area contributed by atoms with Crippen LogP contribution in [0.5, 0.6) is 0 Å². The molecule has 0 aromatic carbocycles. The molecule has 0 bridgehead atoms. The number of nitrogens with two attached hydrogens (primary N) is 1. The van der Waals surface area contributed by atoms with E-state index < -0.39 is 0 Å². The Hall–Kier alpha value is 0.260. The van der Waals surface area contributed by atoms with Crippen molar-refractivity contribution in [1.82, 2.24) is 4.90 Å². The first-order valence-corrected chi connectivity index (χ1v) is 8.39. The van der Waals surface area contributed by atoms with Crippen LogP contribution in [0.25, 0.3) is 0 Å². The van der Waals surface area contributed by atoms with E-state index in [1.165, 1.54) is 23.5 Å². The van der Waals surface area contributed by atoms with Crippen LogP contribution in [0.1, 0.15) is 17.7 Å². The third kappa shape index (κ3) is 5.62. The van der Waals surface area contributed by atoms with Crippen LogP contribution in [0, 0.1) is 0 Å². The first kappa shape index (κ1) is 15.3. The van der Waals surface area contributed by atoms with Gasteiger partial charge in [-0.2, -0.15) is 11.8 Å². The lowest BCUT2D eigenvalue weighted by Crippen LogP contribution is -2.37. The zero-order chi connectivity index (χ0) is 12.7. The largest absolute Gasteiger partial charge is 0.329 e. The second-order valence-corrected chi connectivity index (χ2v) is 6.93. The van der Waals surface area contributed by atoms with Gasteiger partial charge in [0.1, 0.15) is 0 Å². The summed E-state index contributed by atoms with van der Waals surface area (Å²) in [4.78, 5) is 3.64. The number of hydrogen-bond donors (Lipinski definition) is 1. The molecule has 1 rings (SSSR count). The molecule has 1 aromatic heterocycles. The molecular weight excluding hydrogens is 272 g/mol.